The van der Waals surface area contributed by atoms with Crippen LogP contribution < -0.4 is 15.5 Å². The molecule has 1 N–H and O–H groups in total. The number of methoxy groups -OCH3 is 1. The van der Waals surface area contributed by atoms with Crippen molar-refractivity contribution in [2.45, 2.75) is 126 Å². The van der Waals surface area contributed by atoms with Crippen LogP contribution in [0.25, 0.3) is 0 Å². The molecule has 0 radical (unpaired) electrons. The van der Waals surface area contributed by atoms with Crippen LogP contribution in [-0.2, 0) is 19.1 Å². The summed E-state index contributed by atoms with van der Waals surface area (Å²) in [6.07, 6.45) is 23.2. The molecule has 0 aromatic carbocycles. The Kier molecular flexibility index (Phi) is 18.2. The zero-order valence-electron chi connectivity index (χ0n) is 40.8. The summed E-state index contributed by atoms with van der Waals surface area (Å²) in [6.45, 7) is 25.5. The number of rotatable bonds is 20. The van der Waals surface area contributed by atoms with E-state index in [1.807, 2.05) is 19.1 Å². The second-order valence-corrected chi connectivity index (χ2v) is 19.0. The number of hydrogen-bond donors (Lipinski definition) is 1. The number of nitrogens with one attached hydrogen (secondary N) is 1. The fourth-order valence-electron chi connectivity index (χ4n) is 9.75. The van der Waals surface area contributed by atoms with Crippen LogP contribution in [0.15, 0.2) is 155 Å². The van der Waals surface area contributed by atoms with Gasteiger partial charge in [0.15, 0.2) is 0 Å². The molecule has 0 saturated carbocycles. The van der Waals surface area contributed by atoms with Gasteiger partial charge in [-0.3, -0.25) is 4.79 Å². The molecule has 6 rings (SSSR count). The van der Waals surface area contributed by atoms with E-state index in [1.165, 1.54) is 57.6 Å². The Morgan fingerprint density at radius 1 is 0.848 bits per heavy atom. The van der Waals surface area contributed by atoms with Gasteiger partial charge in [-0.05, 0) is 104 Å². The van der Waals surface area contributed by atoms with Crippen LogP contribution in [-0.4, -0.2) is 65.8 Å². The van der Waals surface area contributed by atoms with E-state index < -0.39 is 11.7 Å². The van der Waals surface area contributed by atoms with E-state index in [0.717, 1.165) is 47.8 Å². The number of hydrogen-bond acceptors (Lipinski definition) is 10. The van der Waals surface area contributed by atoms with Crippen molar-refractivity contribution in [2.24, 2.45) is 44.6 Å². The molecule has 1 aliphatic carbocycles. The monoisotopic (exact) mass is 904 g/mol. The average Bonchev–Trinajstić information content (AvgIpc) is 4.02. The van der Waals surface area contributed by atoms with Crippen LogP contribution in [0.3, 0.4) is 0 Å². The van der Waals surface area contributed by atoms with E-state index >= 15 is 0 Å². The van der Waals surface area contributed by atoms with Crippen LogP contribution in [0.2, 0.25) is 0 Å². The van der Waals surface area contributed by atoms with Crippen LogP contribution in [0.5, 0.6) is 0 Å². The molecule has 5 aliphatic heterocycles. The van der Waals surface area contributed by atoms with Gasteiger partial charge in [0, 0.05) is 46.4 Å². The number of nitrogens with zero attached hydrogens (tertiary/aromatic N) is 3. The van der Waals surface area contributed by atoms with Gasteiger partial charge in [0.05, 0.1) is 46.9 Å². The van der Waals surface area contributed by atoms with Crippen molar-refractivity contribution in [3.8, 4) is 0 Å². The number of aliphatic imine (C=N–C) groups is 3. The maximum atomic E-state index is 14.3. The van der Waals surface area contributed by atoms with Crippen LogP contribution in [0.1, 0.15) is 126 Å². The van der Waals surface area contributed by atoms with Gasteiger partial charge in [-0.15, -0.1) is 6.26 Å². The molecule has 1 saturated heterocycles. The molecule has 6 aliphatic rings. The molecule has 0 aromatic heterocycles. The molecule has 0 amide bonds. The largest absolute Gasteiger partial charge is 2.00 e. The summed E-state index contributed by atoms with van der Waals surface area (Å²) < 4.78 is 11.0. The third kappa shape index (κ3) is 11.4. The van der Waals surface area contributed by atoms with Gasteiger partial charge in [-0.1, -0.05) is 116 Å². The minimum absolute atomic E-state index is 0. The standard InChI is InChI=1S/C55H70N4O6.Mg/c1-12-38-35(8)42-27-43-36(9)40(23-24-48(61)65-26-25-34(7)22-16-21-33(6)20-15-19-32(5)18-14-17-31(3)4)52(58-43)50-51(55(63)64-11)54(62)49-37(10)44(59-53(49)50)28-46-39(13-2)41(30-60)47(57-46)29-45(38)56-42;/h12-13,25,27-33,36,40,58,60,62H,1-2,14-24,26H2,3-11H3;/q;+2/p-2. The van der Waals surface area contributed by atoms with E-state index in [4.69, 9.17) is 24.5 Å². The second-order valence-electron chi connectivity index (χ2n) is 19.0. The first-order valence-corrected chi connectivity index (χ1v) is 23.6. The number of carbonyl (C=O) groups is 2. The average molecular weight is 905 g/mol. The van der Waals surface area contributed by atoms with E-state index in [1.54, 1.807) is 31.2 Å². The van der Waals surface area contributed by atoms with Gasteiger partial charge in [0.1, 0.15) is 6.61 Å². The minimum Gasteiger partial charge on any atom is -0.877 e. The molecular formula is C55H68MgN4O6. The summed E-state index contributed by atoms with van der Waals surface area (Å²) in [5.41, 5.74) is 9.18. The van der Waals surface area contributed by atoms with E-state index in [0.29, 0.717) is 80.1 Å². The summed E-state index contributed by atoms with van der Waals surface area (Å²) >= 11 is 0. The van der Waals surface area contributed by atoms with Crippen LogP contribution in [0.4, 0.5) is 0 Å². The van der Waals surface area contributed by atoms with Crippen LogP contribution in [0, 0.1) is 29.6 Å². The zero-order valence-corrected chi connectivity index (χ0v) is 42.2. The number of allylic oxidation sites excluding steroid dienone is 13. The Morgan fingerprint density at radius 2 is 1.52 bits per heavy atom. The number of ether oxygens (including phenoxy) is 2. The summed E-state index contributed by atoms with van der Waals surface area (Å²) in [4.78, 5) is 41.8. The van der Waals surface area contributed by atoms with Crippen LogP contribution >= 0.6 is 0 Å². The van der Waals surface area contributed by atoms with Crippen molar-refractivity contribution in [3.63, 3.8) is 0 Å². The Morgan fingerprint density at radius 3 is 2.15 bits per heavy atom. The van der Waals surface area contributed by atoms with Gasteiger partial charge in [-0.2, -0.15) is 0 Å². The molecule has 10 nitrogen and oxygen atoms in total. The molecule has 8 bridgehead atoms. The molecular weight excluding hydrogens is 837 g/mol. The van der Waals surface area contributed by atoms with Crippen molar-refractivity contribution in [1.29, 1.82) is 0 Å². The normalized spacial score (nSPS) is 21.7. The van der Waals surface area contributed by atoms with Gasteiger partial charge >= 0.3 is 35.0 Å². The Hall–Kier alpha value is -5.00. The molecule has 66 heavy (non-hydrogen) atoms. The first-order valence-electron chi connectivity index (χ1n) is 23.6. The molecule has 4 atom stereocenters. The Labute approximate surface area is 409 Å². The first-order chi connectivity index (χ1) is 31.1. The summed E-state index contributed by atoms with van der Waals surface area (Å²) in [6, 6.07) is 0. The molecule has 0 aromatic rings. The third-order valence-electron chi connectivity index (χ3n) is 13.8. The minimum atomic E-state index is -0.773. The maximum absolute atomic E-state index is 14.3. The molecule has 5 heterocycles. The smallest absolute Gasteiger partial charge is 0.877 e. The summed E-state index contributed by atoms with van der Waals surface area (Å²) in [5, 5.41) is 30.4. The van der Waals surface area contributed by atoms with Crippen molar-refractivity contribution < 1.29 is 29.3 Å². The maximum Gasteiger partial charge on any atom is 2.00 e. The Balaban J connectivity index is 0.00000817. The topological polar surface area (TPSA) is 148 Å². The number of esters is 2. The van der Waals surface area contributed by atoms with Gasteiger partial charge in [0.2, 0.25) is 0 Å². The third-order valence-corrected chi connectivity index (χ3v) is 13.8. The van der Waals surface area contributed by atoms with E-state index in [9.17, 15) is 19.8 Å². The van der Waals surface area contributed by atoms with Crippen molar-refractivity contribution in [2.75, 3.05) is 13.7 Å². The Bertz CT molecular complexity index is 2420. The van der Waals surface area contributed by atoms with Gasteiger partial charge in [0.25, 0.3) is 0 Å². The second kappa shape index (κ2) is 23.1. The fourth-order valence-corrected chi connectivity index (χ4v) is 9.75. The summed E-state index contributed by atoms with van der Waals surface area (Å²) in [5.74, 6) is 0.171. The van der Waals surface area contributed by atoms with Crippen molar-refractivity contribution in [1.82, 2.24) is 5.32 Å². The molecule has 11 heteroatoms. The zero-order chi connectivity index (χ0) is 47.1. The number of fused-ring (bicyclic) bond motifs is 5. The molecule has 0 spiro atoms. The predicted molar refractivity (Wildman–Crippen MR) is 264 cm³/mol. The molecule has 346 valence electrons. The predicted octanol–water partition coefficient (Wildman–Crippen LogP) is 9.76. The SMILES string of the molecule is C=CC1=C2C=C3N=C4C(=C3C)C([O-])=C(C(=O)OC)C4=C3NC(=CC4=NC(=CC(=N2)C1=C[O-])C(C=C)=C4C)C(C)C3CCC(=O)OCC=C(C)CCCC(C)CCCC(C)CCCC(C)C.[Mg+2]. The van der Waals surface area contributed by atoms with E-state index in [2.05, 4.69) is 60.0 Å². The van der Waals surface area contributed by atoms with Crippen molar-refractivity contribution in [3.05, 3.63) is 140 Å². The van der Waals surface area contributed by atoms with Crippen molar-refractivity contribution >= 4 is 52.1 Å². The van der Waals surface area contributed by atoms with Gasteiger partial charge < -0.3 is 25.0 Å². The molecule has 4 unspecified atom stereocenters. The fraction of sp³-hybridized carbons (Fsp3) is 0.473. The summed E-state index contributed by atoms with van der Waals surface area (Å²) in [7, 11) is 1.25. The molecule has 1 fully saturated rings. The number of carbonyl (C=O) groups excluding carboxylic acids is 2. The first kappa shape index (κ1) is 52.0. The van der Waals surface area contributed by atoms with E-state index in [-0.39, 0.29) is 59.5 Å². The quantitative estimate of drug-likeness (QED) is 0.0554. The van der Waals surface area contributed by atoms with Gasteiger partial charge in [-0.25, -0.2) is 19.8 Å².